The van der Waals surface area contributed by atoms with Gasteiger partial charge in [0.1, 0.15) is 11.5 Å². The summed E-state index contributed by atoms with van der Waals surface area (Å²) in [6, 6.07) is 3.48. The van der Waals surface area contributed by atoms with Crippen LogP contribution in [-0.2, 0) is 0 Å². The van der Waals surface area contributed by atoms with E-state index in [0.29, 0.717) is 11.6 Å². The van der Waals surface area contributed by atoms with Gasteiger partial charge < -0.3 is 4.90 Å². The third-order valence-corrected chi connectivity index (χ3v) is 4.73. The minimum absolute atomic E-state index is 0.148. The molecule has 0 N–H and O–H groups in total. The predicted octanol–water partition coefficient (Wildman–Crippen LogP) is 3.34. The van der Waals surface area contributed by atoms with Crippen LogP contribution >= 0.6 is 0 Å². The van der Waals surface area contributed by atoms with Crippen LogP contribution in [0.1, 0.15) is 31.7 Å². The summed E-state index contributed by atoms with van der Waals surface area (Å²) in [5.74, 6) is -0.842. The Kier molecular flexibility index (Phi) is 3.67. The van der Waals surface area contributed by atoms with Gasteiger partial charge in [0.05, 0.1) is 0 Å². The Labute approximate surface area is 119 Å². The summed E-state index contributed by atoms with van der Waals surface area (Å²) < 4.78 is 28.5. The largest absolute Gasteiger partial charge is 0.361 e. The molecule has 1 aromatic rings. The first-order valence-electron chi connectivity index (χ1n) is 7.53. The molecule has 2 heterocycles. The van der Waals surface area contributed by atoms with Crippen LogP contribution in [0.3, 0.4) is 0 Å². The molecule has 2 unspecified atom stereocenters. The van der Waals surface area contributed by atoms with E-state index in [1.807, 2.05) is 4.90 Å². The number of hydrogen-bond donors (Lipinski definition) is 0. The SMILES string of the molecule is Cc1ccc(F)c(N2CC3CCCCN3CC2C)c1F. The van der Waals surface area contributed by atoms with Crippen LogP contribution < -0.4 is 4.90 Å². The Bertz CT molecular complexity index is 503. The molecule has 2 saturated heterocycles. The number of nitrogens with zero attached hydrogens (tertiary/aromatic N) is 2. The van der Waals surface area contributed by atoms with Crippen LogP contribution in [0.4, 0.5) is 14.5 Å². The van der Waals surface area contributed by atoms with Crippen LogP contribution in [0, 0.1) is 18.6 Å². The average Bonchev–Trinajstić information content (AvgIpc) is 2.44. The lowest BCUT2D eigenvalue weighted by molar-refractivity contribution is 0.115. The molecule has 3 rings (SSSR count). The number of rotatable bonds is 1. The molecule has 110 valence electrons. The first-order valence-corrected chi connectivity index (χ1v) is 7.53. The number of benzene rings is 1. The predicted molar refractivity (Wildman–Crippen MR) is 77.1 cm³/mol. The second kappa shape index (κ2) is 5.32. The lowest BCUT2D eigenvalue weighted by Gasteiger charge is -2.48. The van der Waals surface area contributed by atoms with Crippen molar-refractivity contribution in [3.8, 4) is 0 Å². The molecular formula is C16H22F2N2. The van der Waals surface area contributed by atoms with E-state index in [2.05, 4.69) is 11.8 Å². The van der Waals surface area contributed by atoms with Crippen LogP contribution in [-0.4, -0.2) is 36.6 Å². The lowest BCUT2D eigenvalue weighted by Crippen LogP contribution is -2.59. The molecular weight excluding hydrogens is 258 g/mol. The second-order valence-corrected chi connectivity index (χ2v) is 6.17. The van der Waals surface area contributed by atoms with Crippen molar-refractivity contribution >= 4 is 5.69 Å². The monoisotopic (exact) mass is 280 g/mol. The standard InChI is InChI=1S/C16H22F2N2/c1-11-6-7-14(17)16(15(11)18)20-10-13-5-3-4-8-19(13)9-12(20)2/h6-7,12-13H,3-5,8-10H2,1-2H3. The molecule has 2 aliphatic rings. The van der Waals surface area contributed by atoms with Crippen molar-refractivity contribution in [3.63, 3.8) is 0 Å². The smallest absolute Gasteiger partial charge is 0.152 e. The molecule has 0 bridgehead atoms. The van der Waals surface area contributed by atoms with Crippen LogP contribution in [0.15, 0.2) is 12.1 Å². The summed E-state index contributed by atoms with van der Waals surface area (Å²) in [7, 11) is 0. The van der Waals surface area contributed by atoms with Crippen molar-refractivity contribution in [2.45, 2.75) is 45.2 Å². The number of piperazine rings is 1. The van der Waals surface area contributed by atoms with E-state index in [0.717, 1.165) is 26.1 Å². The van der Waals surface area contributed by atoms with Crippen LogP contribution in [0.5, 0.6) is 0 Å². The molecule has 0 spiro atoms. The van der Waals surface area contributed by atoms with Gasteiger partial charge in [-0.05, 0) is 44.9 Å². The second-order valence-electron chi connectivity index (χ2n) is 6.17. The zero-order valence-corrected chi connectivity index (χ0v) is 12.2. The molecule has 2 fully saturated rings. The van der Waals surface area contributed by atoms with Gasteiger partial charge in [0.25, 0.3) is 0 Å². The van der Waals surface area contributed by atoms with Crippen molar-refractivity contribution in [1.29, 1.82) is 0 Å². The molecule has 20 heavy (non-hydrogen) atoms. The van der Waals surface area contributed by atoms with E-state index in [4.69, 9.17) is 0 Å². The summed E-state index contributed by atoms with van der Waals surface area (Å²) in [6.45, 7) is 6.52. The summed E-state index contributed by atoms with van der Waals surface area (Å²) in [4.78, 5) is 4.42. The number of halogens is 2. The van der Waals surface area contributed by atoms with Crippen LogP contribution in [0.25, 0.3) is 0 Å². The molecule has 2 aliphatic heterocycles. The van der Waals surface area contributed by atoms with Gasteiger partial charge in [-0.3, -0.25) is 4.90 Å². The van der Waals surface area contributed by atoms with Gasteiger partial charge in [-0.2, -0.15) is 0 Å². The fourth-order valence-electron chi connectivity index (χ4n) is 3.57. The Morgan fingerprint density at radius 3 is 2.75 bits per heavy atom. The van der Waals surface area contributed by atoms with E-state index >= 15 is 0 Å². The molecule has 4 heteroatoms. The molecule has 0 amide bonds. The van der Waals surface area contributed by atoms with E-state index in [1.54, 1.807) is 6.92 Å². The van der Waals surface area contributed by atoms with Gasteiger partial charge in [-0.1, -0.05) is 12.5 Å². The Balaban J connectivity index is 1.92. The number of aryl methyl sites for hydroxylation is 1. The average molecular weight is 280 g/mol. The molecule has 0 saturated carbocycles. The summed E-state index contributed by atoms with van der Waals surface area (Å²) in [6.07, 6.45) is 3.61. The van der Waals surface area contributed by atoms with Gasteiger partial charge in [0.15, 0.2) is 5.82 Å². The molecule has 0 radical (unpaired) electrons. The van der Waals surface area contributed by atoms with E-state index in [9.17, 15) is 8.78 Å². The van der Waals surface area contributed by atoms with Gasteiger partial charge in [-0.25, -0.2) is 8.78 Å². The van der Waals surface area contributed by atoms with Crippen LogP contribution in [0.2, 0.25) is 0 Å². The highest BCUT2D eigenvalue weighted by Gasteiger charge is 2.35. The molecule has 0 aromatic heterocycles. The minimum Gasteiger partial charge on any atom is -0.361 e. The third-order valence-electron chi connectivity index (χ3n) is 4.73. The minimum atomic E-state index is -0.441. The Hall–Kier alpha value is -1.16. The van der Waals surface area contributed by atoms with Crippen molar-refractivity contribution in [2.75, 3.05) is 24.5 Å². The first kappa shape index (κ1) is 13.8. The maximum atomic E-state index is 14.3. The molecule has 1 aromatic carbocycles. The summed E-state index contributed by atoms with van der Waals surface area (Å²) >= 11 is 0. The highest BCUT2D eigenvalue weighted by molar-refractivity contribution is 5.53. The lowest BCUT2D eigenvalue weighted by atomic mass is 9.96. The van der Waals surface area contributed by atoms with Crippen molar-refractivity contribution in [3.05, 3.63) is 29.3 Å². The zero-order chi connectivity index (χ0) is 14.3. The van der Waals surface area contributed by atoms with Crippen molar-refractivity contribution in [2.24, 2.45) is 0 Å². The van der Waals surface area contributed by atoms with Gasteiger partial charge >= 0.3 is 0 Å². The number of fused-ring (bicyclic) bond motifs is 1. The maximum absolute atomic E-state index is 14.3. The summed E-state index contributed by atoms with van der Waals surface area (Å²) in [5.41, 5.74) is 0.683. The van der Waals surface area contributed by atoms with Gasteiger partial charge in [-0.15, -0.1) is 0 Å². The van der Waals surface area contributed by atoms with Crippen molar-refractivity contribution < 1.29 is 8.78 Å². The highest BCUT2D eigenvalue weighted by atomic mass is 19.1. The maximum Gasteiger partial charge on any atom is 0.152 e. The number of anilines is 1. The zero-order valence-electron chi connectivity index (χ0n) is 12.2. The quantitative estimate of drug-likeness (QED) is 0.778. The van der Waals surface area contributed by atoms with Crippen molar-refractivity contribution in [1.82, 2.24) is 4.90 Å². The van der Waals surface area contributed by atoms with Gasteiger partial charge in [0, 0.05) is 25.2 Å². The molecule has 2 atom stereocenters. The topological polar surface area (TPSA) is 6.48 Å². The number of piperidine rings is 1. The van der Waals surface area contributed by atoms with Gasteiger partial charge in [0.2, 0.25) is 0 Å². The molecule has 0 aliphatic carbocycles. The fraction of sp³-hybridized carbons (Fsp3) is 0.625. The van der Waals surface area contributed by atoms with E-state index in [1.165, 1.54) is 25.0 Å². The van der Waals surface area contributed by atoms with E-state index in [-0.39, 0.29) is 11.7 Å². The molecule has 2 nitrogen and oxygen atoms in total. The highest BCUT2D eigenvalue weighted by Crippen LogP contribution is 2.32. The number of hydrogen-bond acceptors (Lipinski definition) is 2. The Morgan fingerprint density at radius 1 is 1.15 bits per heavy atom. The first-order chi connectivity index (χ1) is 9.58. The fourth-order valence-corrected chi connectivity index (χ4v) is 3.57. The summed E-state index contributed by atoms with van der Waals surface area (Å²) in [5, 5.41) is 0. The van der Waals surface area contributed by atoms with E-state index < -0.39 is 11.6 Å². The Morgan fingerprint density at radius 2 is 1.95 bits per heavy atom. The third kappa shape index (κ3) is 2.30. The normalized spacial score (nSPS) is 27.5.